The summed E-state index contributed by atoms with van der Waals surface area (Å²) < 4.78 is 27.5. The zero-order chi connectivity index (χ0) is 28.2. The molecule has 0 radical (unpaired) electrons. The first-order valence-electron chi connectivity index (χ1n) is 12.2. The molecule has 2 aromatic carbocycles. The van der Waals surface area contributed by atoms with E-state index in [2.05, 4.69) is 15.6 Å². The summed E-state index contributed by atoms with van der Waals surface area (Å²) in [7, 11) is -4.12. The van der Waals surface area contributed by atoms with E-state index in [-0.39, 0.29) is 39.9 Å². The first-order chi connectivity index (χ1) is 18.6. The molecule has 1 aliphatic heterocycles. The van der Waals surface area contributed by atoms with Crippen LogP contribution in [0.1, 0.15) is 24.0 Å². The van der Waals surface area contributed by atoms with E-state index in [1.54, 1.807) is 12.1 Å². The van der Waals surface area contributed by atoms with Gasteiger partial charge in [-0.3, -0.25) is 19.5 Å². The summed E-state index contributed by atoms with van der Waals surface area (Å²) in [6.07, 6.45) is 0.184. The second-order valence-corrected chi connectivity index (χ2v) is 11.7. The Balaban J connectivity index is 1.24. The van der Waals surface area contributed by atoms with Crippen LogP contribution in [0.4, 0.5) is 4.79 Å². The van der Waals surface area contributed by atoms with Crippen molar-refractivity contribution in [3.05, 3.63) is 63.6 Å². The lowest BCUT2D eigenvalue weighted by Gasteiger charge is -2.22. The van der Waals surface area contributed by atoms with Crippen molar-refractivity contribution in [1.29, 1.82) is 0 Å². The molecule has 1 aliphatic carbocycles. The SMILES string of the molecule is O=C(CNCc1ccc(C2=NCCN2C(=O)O)cc1)CNC(=O)CN(C1CC1)S(=O)(=O)c1c(Cl)cccc1Cl. The third kappa shape index (κ3) is 7.14. The van der Waals surface area contributed by atoms with Gasteiger partial charge in [-0.05, 0) is 30.5 Å². The van der Waals surface area contributed by atoms with Crippen molar-refractivity contribution in [1.82, 2.24) is 19.8 Å². The van der Waals surface area contributed by atoms with E-state index in [4.69, 9.17) is 23.2 Å². The molecular formula is C25H27Cl2N5O6S. The highest BCUT2D eigenvalue weighted by Gasteiger charge is 2.41. The Bertz CT molecular complexity index is 1380. The Hall–Kier alpha value is -3.03. The molecule has 14 heteroatoms. The fourth-order valence-corrected chi connectivity index (χ4v) is 6.81. The number of amidine groups is 1. The molecule has 208 valence electrons. The Labute approximate surface area is 235 Å². The Morgan fingerprint density at radius 2 is 1.72 bits per heavy atom. The van der Waals surface area contributed by atoms with E-state index in [1.807, 2.05) is 12.1 Å². The van der Waals surface area contributed by atoms with Crippen molar-refractivity contribution in [2.24, 2.45) is 4.99 Å². The first-order valence-corrected chi connectivity index (χ1v) is 14.4. The van der Waals surface area contributed by atoms with E-state index < -0.39 is 28.6 Å². The van der Waals surface area contributed by atoms with Crippen LogP contribution in [0.3, 0.4) is 0 Å². The molecule has 2 aromatic rings. The zero-order valence-corrected chi connectivity index (χ0v) is 23.1. The molecule has 39 heavy (non-hydrogen) atoms. The Kier molecular flexibility index (Phi) is 9.23. The van der Waals surface area contributed by atoms with Crippen LogP contribution in [-0.4, -0.2) is 85.1 Å². The molecular weight excluding hydrogens is 569 g/mol. The molecule has 0 saturated heterocycles. The molecule has 2 amide bonds. The fraction of sp³-hybridized carbons (Fsp3) is 0.360. The molecule has 0 unspecified atom stereocenters. The maximum absolute atomic E-state index is 13.2. The standard InChI is InChI=1S/C25H27Cl2N5O6S/c26-20-2-1-3-21(27)23(20)39(37,38)32(18-8-9-18)15-22(34)30-14-19(33)13-28-12-16-4-6-17(7-5-16)24-29-10-11-31(24)25(35)36/h1-7,18,28H,8-15H2,(H,30,34)(H,35,36). The van der Waals surface area contributed by atoms with Crippen molar-refractivity contribution < 1.29 is 27.9 Å². The minimum Gasteiger partial charge on any atom is -0.465 e. The molecule has 1 fully saturated rings. The summed E-state index contributed by atoms with van der Waals surface area (Å²) in [6.45, 7) is 0.403. The monoisotopic (exact) mass is 595 g/mol. The highest BCUT2D eigenvalue weighted by molar-refractivity contribution is 7.89. The summed E-state index contributed by atoms with van der Waals surface area (Å²) in [5.41, 5.74) is 1.57. The van der Waals surface area contributed by atoms with Gasteiger partial charge in [-0.25, -0.2) is 13.2 Å². The number of benzene rings is 2. The minimum atomic E-state index is -4.12. The van der Waals surface area contributed by atoms with Crippen LogP contribution in [0.2, 0.25) is 10.0 Å². The fourth-order valence-electron chi connectivity index (χ4n) is 4.07. The number of rotatable bonds is 12. The highest BCUT2D eigenvalue weighted by Crippen LogP contribution is 2.37. The summed E-state index contributed by atoms with van der Waals surface area (Å²) >= 11 is 12.2. The van der Waals surface area contributed by atoms with Gasteiger partial charge in [-0.15, -0.1) is 0 Å². The molecule has 0 atom stereocenters. The van der Waals surface area contributed by atoms with Gasteiger partial charge in [-0.2, -0.15) is 4.31 Å². The van der Waals surface area contributed by atoms with Gasteiger partial charge in [0, 0.05) is 18.2 Å². The van der Waals surface area contributed by atoms with Gasteiger partial charge in [0.1, 0.15) is 10.7 Å². The van der Waals surface area contributed by atoms with Crippen molar-refractivity contribution in [2.75, 3.05) is 32.7 Å². The number of nitrogens with zero attached hydrogens (tertiary/aromatic N) is 3. The lowest BCUT2D eigenvalue weighted by atomic mass is 10.1. The van der Waals surface area contributed by atoms with Gasteiger partial charge >= 0.3 is 6.09 Å². The van der Waals surface area contributed by atoms with Crippen molar-refractivity contribution in [2.45, 2.75) is 30.3 Å². The lowest BCUT2D eigenvalue weighted by Crippen LogP contribution is -2.44. The van der Waals surface area contributed by atoms with Crippen LogP contribution >= 0.6 is 23.2 Å². The number of sulfonamides is 1. The first kappa shape index (κ1) is 29.0. The maximum atomic E-state index is 13.2. The van der Waals surface area contributed by atoms with Crippen LogP contribution < -0.4 is 10.6 Å². The minimum absolute atomic E-state index is 0.0125. The number of carbonyl (C=O) groups excluding carboxylic acids is 2. The number of amides is 2. The molecule has 3 N–H and O–H groups in total. The number of halogens is 2. The predicted molar refractivity (Wildman–Crippen MR) is 146 cm³/mol. The Morgan fingerprint density at radius 1 is 1.05 bits per heavy atom. The van der Waals surface area contributed by atoms with Crippen molar-refractivity contribution in [3.63, 3.8) is 0 Å². The largest absolute Gasteiger partial charge is 0.465 e. The third-order valence-corrected chi connectivity index (χ3v) is 9.01. The molecule has 1 heterocycles. The number of aliphatic imine (C=N–C) groups is 1. The van der Waals surface area contributed by atoms with Gasteiger partial charge in [-0.1, -0.05) is 53.5 Å². The number of ketones is 1. The lowest BCUT2D eigenvalue weighted by molar-refractivity contribution is -0.125. The smallest absolute Gasteiger partial charge is 0.413 e. The molecule has 1 saturated carbocycles. The van der Waals surface area contributed by atoms with Crippen LogP contribution in [-0.2, 0) is 26.2 Å². The average molecular weight is 596 g/mol. The normalized spacial score (nSPS) is 15.4. The van der Waals surface area contributed by atoms with E-state index >= 15 is 0 Å². The number of carbonyl (C=O) groups is 3. The molecule has 2 aliphatic rings. The summed E-state index contributed by atoms with van der Waals surface area (Å²) in [5.74, 6) is -0.480. The number of hydrogen-bond donors (Lipinski definition) is 3. The van der Waals surface area contributed by atoms with Crippen molar-refractivity contribution >= 4 is 56.8 Å². The third-order valence-electron chi connectivity index (χ3n) is 6.16. The number of carboxylic acid groups (broad SMARTS) is 1. The van der Waals surface area contributed by atoms with Crippen molar-refractivity contribution in [3.8, 4) is 0 Å². The topological polar surface area (TPSA) is 148 Å². The number of hydrogen-bond acceptors (Lipinski definition) is 7. The second kappa shape index (κ2) is 12.4. The maximum Gasteiger partial charge on any atom is 0.413 e. The van der Waals surface area contributed by atoms with Crippen LogP contribution in [0.15, 0.2) is 52.4 Å². The molecule has 0 spiro atoms. The van der Waals surface area contributed by atoms with E-state index in [1.165, 1.54) is 23.1 Å². The molecule has 0 aromatic heterocycles. The molecule has 4 rings (SSSR count). The van der Waals surface area contributed by atoms with Gasteiger partial charge in [0.2, 0.25) is 15.9 Å². The number of nitrogens with one attached hydrogen (secondary N) is 2. The van der Waals surface area contributed by atoms with E-state index in [0.29, 0.717) is 43.9 Å². The van der Waals surface area contributed by atoms with Crippen LogP contribution in [0, 0.1) is 0 Å². The molecule has 11 nitrogen and oxygen atoms in total. The zero-order valence-electron chi connectivity index (χ0n) is 20.8. The van der Waals surface area contributed by atoms with Gasteiger partial charge in [0.15, 0.2) is 5.78 Å². The Morgan fingerprint density at radius 3 is 2.33 bits per heavy atom. The van der Waals surface area contributed by atoms with Gasteiger partial charge in [0.05, 0.1) is 42.8 Å². The second-order valence-electron chi connectivity index (χ2n) is 9.09. The number of Topliss-reactive ketones (excluding diaryl/α,β-unsaturated/α-hetero) is 1. The van der Waals surface area contributed by atoms with E-state index in [9.17, 15) is 27.9 Å². The van der Waals surface area contributed by atoms with Crippen LogP contribution in [0.5, 0.6) is 0 Å². The summed E-state index contributed by atoms with van der Waals surface area (Å²) in [6, 6.07) is 11.2. The average Bonchev–Trinajstić information content (AvgIpc) is 3.60. The predicted octanol–water partition coefficient (Wildman–Crippen LogP) is 2.36. The quantitative estimate of drug-likeness (QED) is 0.341. The molecule has 0 bridgehead atoms. The van der Waals surface area contributed by atoms with Crippen LogP contribution in [0.25, 0.3) is 0 Å². The summed E-state index contributed by atoms with van der Waals surface area (Å²) in [5, 5.41) is 14.7. The van der Waals surface area contributed by atoms with Gasteiger partial charge < -0.3 is 15.7 Å². The van der Waals surface area contributed by atoms with Gasteiger partial charge in [0.25, 0.3) is 0 Å². The highest BCUT2D eigenvalue weighted by atomic mass is 35.5. The summed E-state index contributed by atoms with van der Waals surface area (Å²) in [4.78, 5) is 41.3. The van der Waals surface area contributed by atoms with E-state index in [0.717, 1.165) is 9.87 Å².